The molecule has 0 radical (unpaired) electrons. The van der Waals surface area contributed by atoms with Crippen LogP contribution in [-0.4, -0.2) is 16.3 Å². The van der Waals surface area contributed by atoms with Crippen LogP contribution >= 0.6 is 15.9 Å². The van der Waals surface area contributed by atoms with Crippen molar-refractivity contribution >= 4 is 38.3 Å². The minimum Gasteiger partial charge on any atom is -0.508 e. The fourth-order valence-electron chi connectivity index (χ4n) is 1.55. The normalized spacial score (nSPS) is 10.3. The number of hydrogen-bond acceptors (Lipinski definition) is 2. The summed E-state index contributed by atoms with van der Waals surface area (Å²) in [6, 6.07) is 10.7. The van der Waals surface area contributed by atoms with E-state index in [2.05, 4.69) is 21.2 Å². The van der Waals surface area contributed by atoms with Gasteiger partial charge in [-0.1, -0.05) is 34.1 Å². The van der Waals surface area contributed by atoms with E-state index in [1.54, 1.807) is 12.1 Å². The molecule has 0 aliphatic heterocycles. The van der Waals surface area contributed by atoms with Gasteiger partial charge < -0.3 is 10.4 Å². The number of hydrogen-bond donors (Lipinski definition) is 2. The predicted molar refractivity (Wildman–Crippen MR) is 68.0 cm³/mol. The smallest absolute Gasteiger partial charge is 0.235 e. The highest BCUT2D eigenvalue weighted by atomic mass is 79.9. The second kappa shape index (κ2) is 4.53. The Morgan fingerprint density at radius 1 is 1.31 bits per heavy atom. The maximum absolute atomic E-state index is 11.3. The van der Waals surface area contributed by atoms with Gasteiger partial charge in [0.15, 0.2) is 0 Å². The van der Waals surface area contributed by atoms with E-state index in [0.717, 1.165) is 10.8 Å². The molecule has 0 heterocycles. The highest BCUT2D eigenvalue weighted by molar-refractivity contribution is 9.09. The molecule has 2 rings (SSSR count). The lowest BCUT2D eigenvalue weighted by atomic mass is 10.1. The van der Waals surface area contributed by atoms with Crippen LogP contribution in [0.5, 0.6) is 5.75 Å². The van der Waals surface area contributed by atoms with Crippen molar-refractivity contribution in [2.45, 2.75) is 0 Å². The average Bonchev–Trinajstić information content (AvgIpc) is 2.29. The van der Waals surface area contributed by atoms with E-state index in [4.69, 9.17) is 0 Å². The number of fused-ring (bicyclic) bond motifs is 1. The van der Waals surface area contributed by atoms with Gasteiger partial charge in [0.2, 0.25) is 5.91 Å². The molecule has 0 atom stereocenters. The number of phenolic OH excluding ortho intramolecular Hbond substituents is 1. The quantitative estimate of drug-likeness (QED) is 0.831. The van der Waals surface area contributed by atoms with Crippen LogP contribution in [0.3, 0.4) is 0 Å². The molecule has 16 heavy (non-hydrogen) atoms. The second-order valence-electron chi connectivity index (χ2n) is 3.39. The van der Waals surface area contributed by atoms with Crippen LogP contribution < -0.4 is 5.32 Å². The van der Waals surface area contributed by atoms with Crippen molar-refractivity contribution in [3.63, 3.8) is 0 Å². The lowest BCUT2D eigenvalue weighted by Crippen LogP contribution is -2.12. The summed E-state index contributed by atoms with van der Waals surface area (Å²) in [5.74, 6) is 0.0730. The van der Waals surface area contributed by atoms with E-state index >= 15 is 0 Å². The molecule has 0 aromatic heterocycles. The number of phenols is 1. The van der Waals surface area contributed by atoms with Crippen molar-refractivity contribution in [3.05, 3.63) is 36.4 Å². The Morgan fingerprint density at radius 3 is 2.88 bits per heavy atom. The van der Waals surface area contributed by atoms with E-state index in [9.17, 15) is 9.90 Å². The van der Waals surface area contributed by atoms with Crippen LogP contribution in [-0.2, 0) is 4.79 Å². The maximum atomic E-state index is 11.3. The molecule has 2 aromatic rings. The number of benzene rings is 2. The zero-order chi connectivity index (χ0) is 11.5. The number of nitrogens with one attached hydrogen (secondary N) is 1. The van der Waals surface area contributed by atoms with Crippen LogP contribution in [0.25, 0.3) is 10.8 Å². The van der Waals surface area contributed by atoms with E-state index < -0.39 is 0 Å². The lowest BCUT2D eigenvalue weighted by molar-refractivity contribution is -0.113. The van der Waals surface area contributed by atoms with E-state index in [0.29, 0.717) is 5.69 Å². The summed E-state index contributed by atoms with van der Waals surface area (Å²) in [6.07, 6.45) is 0. The highest BCUT2D eigenvalue weighted by Gasteiger charge is 2.04. The topological polar surface area (TPSA) is 49.3 Å². The van der Waals surface area contributed by atoms with Gasteiger partial charge in [-0.05, 0) is 23.6 Å². The Kier molecular flexibility index (Phi) is 3.10. The molecular weight excluding hydrogens is 270 g/mol. The largest absolute Gasteiger partial charge is 0.508 e. The Balaban J connectivity index is 2.52. The molecular formula is C12H10BrNO2. The van der Waals surface area contributed by atoms with Crippen molar-refractivity contribution < 1.29 is 9.90 Å². The van der Waals surface area contributed by atoms with Gasteiger partial charge in [0, 0.05) is 11.1 Å². The number of alkyl halides is 1. The maximum Gasteiger partial charge on any atom is 0.235 e. The van der Waals surface area contributed by atoms with Crippen LogP contribution in [0.4, 0.5) is 5.69 Å². The Hall–Kier alpha value is -1.55. The molecule has 1 amide bonds. The SMILES string of the molecule is O=C(CBr)Nc1cccc2ccc(O)cc12. The third-order valence-corrected chi connectivity index (χ3v) is 2.77. The molecule has 4 heteroatoms. The first-order valence-corrected chi connectivity index (χ1v) is 5.90. The molecule has 0 aliphatic rings. The van der Waals surface area contributed by atoms with Gasteiger partial charge in [-0.25, -0.2) is 0 Å². The van der Waals surface area contributed by atoms with Crippen LogP contribution in [0.15, 0.2) is 36.4 Å². The predicted octanol–water partition coefficient (Wildman–Crippen LogP) is 2.88. The van der Waals surface area contributed by atoms with E-state index in [-0.39, 0.29) is 17.0 Å². The fraction of sp³-hybridized carbons (Fsp3) is 0.0833. The molecule has 2 aromatic carbocycles. The zero-order valence-electron chi connectivity index (χ0n) is 8.40. The fourth-order valence-corrected chi connectivity index (χ4v) is 1.69. The summed E-state index contributed by atoms with van der Waals surface area (Å²) in [5.41, 5.74) is 0.706. The first-order valence-electron chi connectivity index (χ1n) is 4.78. The van der Waals surface area contributed by atoms with Crippen LogP contribution in [0.2, 0.25) is 0 Å². The van der Waals surface area contributed by atoms with Gasteiger partial charge in [0.25, 0.3) is 0 Å². The molecule has 0 saturated carbocycles. The number of aromatic hydroxyl groups is 1. The number of rotatable bonds is 2. The molecule has 82 valence electrons. The molecule has 0 saturated heterocycles. The summed E-state index contributed by atoms with van der Waals surface area (Å²) >= 11 is 3.09. The summed E-state index contributed by atoms with van der Waals surface area (Å²) in [6.45, 7) is 0. The monoisotopic (exact) mass is 279 g/mol. The molecule has 3 nitrogen and oxygen atoms in total. The van der Waals surface area contributed by atoms with Gasteiger partial charge >= 0.3 is 0 Å². The summed E-state index contributed by atoms with van der Waals surface area (Å²) in [4.78, 5) is 11.3. The van der Waals surface area contributed by atoms with Crippen molar-refractivity contribution in [3.8, 4) is 5.75 Å². The standard InChI is InChI=1S/C12H10BrNO2/c13-7-12(16)14-11-3-1-2-8-4-5-9(15)6-10(8)11/h1-6,15H,7H2,(H,14,16). The molecule has 0 fully saturated rings. The van der Waals surface area contributed by atoms with Crippen LogP contribution in [0.1, 0.15) is 0 Å². The van der Waals surface area contributed by atoms with Crippen molar-refractivity contribution in [2.75, 3.05) is 10.6 Å². The van der Waals surface area contributed by atoms with Gasteiger partial charge in [0.05, 0.1) is 5.33 Å². The van der Waals surface area contributed by atoms with Crippen LogP contribution in [0, 0.1) is 0 Å². The van der Waals surface area contributed by atoms with Gasteiger partial charge in [-0.3, -0.25) is 4.79 Å². The second-order valence-corrected chi connectivity index (χ2v) is 3.95. The average molecular weight is 280 g/mol. The van der Waals surface area contributed by atoms with Gasteiger partial charge in [-0.2, -0.15) is 0 Å². The number of anilines is 1. The third-order valence-electron chi connectivity index (χ3n) is 2.26. The zero-order valence-corrected chi connectivity index (χ0v) is 9.99. The Bertz CT molecular complexity index is 540. The van der Waals surface area contributed by atoms with Gasteiger partial charge in [0.1, 0.15) is 5.75 Å². The van der Waals surface area contributed by atoms with Crippen molar-refractivity contribution in [1.29, 1.82) is 0 Å². The lowest BCUT2D eigenvalue weighted by Gasteiger charge is -2.07. The number of carbonyl (C=O) groups is 1. The first-order chi connectivity index (χ1) is 7.70. The Labute approximate surface area is 101 Å². The minimum absolute atomic E-state index is 0.115. The first kappa shape index (κ1) is 11.0. The van der Waals surface area contributed by atoms with Gasteiger partial charge in [-0.15, -0.1) is 0 Å². The Morgan fingerprint density at radius 2 is 2.12 bits per heavy atom. The van der Waals surface area contributed by atoms with Crippen molar-refractivity contribution in [1.82, 2.24) is 0 Å². The molecule has 0 aliphatic carbocycles. The highest BCUT2D eigenvalue weighted by Crippen LogP contribution is 2.26. The molecule has 0 unspecified atom stereocenters. The van der Waals surface area contributed by atoms with Crippen molar-refractivity contribution in [2.24, 2.45) is 0 Å². The van der Waals surface area contributed by atoms with E-state index in [1.165, 1.54) is 0 Å². The number of amides is 1. The number of halogens is 1. The molecule has 0 bridgehead atoms. The minimum atomic E-state index is -0.115. The third kappa shape index (κ3) is 2.17. The number of carbonyl (C=O) groups excluding carboxylic acids is 1. The molecule has 0 spiro atoms. The van der Waals surface area contributed by atoms with E-state index in [1.807, 2.05) is 24.3 Å². The summed E-state index contributed by atoms with van der Waals surface area (Å²) < 4.78 is 0. The summed E-state index contributed by atoms with van der Waals surface area (Å²) in [5, 5.41) is 14.2. The molecule has 2 N–H and O–H groups in total. The summed E-state index contributed by atoms with van der Waals surface area (Å²) in [7, 11) is 0.